The summed E-state index contributed by atoms with van der Waals surface area (Å²) in [5.41, 5.74) is 12.5. The summed E-state index contributed by atoms with van der Waals surface area (Å²) in [5, 5.41) is 6.03. The third kappa shape index (κ3) is 4.48. The van der Waals surface area contributed by atoms with E-state index in [9.17, 15) is 9.59 Å². The molecule has 3 rings (SSSR count). The second kappa shape index (κ2) is 8.73. The van der Waals surface area contributed by atoms with E-state index in [1.807, 2.05) is 12.1 Å². The second-order valence-corrected chi connectivity index (χ2v) is 5.84. The Kier molecular flexibility index (Phi) is 5.92. The number of carbonyl (C=O) groups excluding carboxylic acids is 2. The van der Waals surface area contributed by atoms with E-state index in [2.05, 4.69) is 25.6 Å². The SMILES string of the molecule is NC[C@@H](CC=O)Nc1cnc(C(N)=O)c(Nc2ccc(-c3ncco3)cc2)n1. The molecule has 10 heteroatoms. The fourth-order valence-corrected chi connectivity index (χ4v) is 2.46. The zero-order valence-corrected chi connectivity index (χ0v) is 14.8. The Hall–Kier alpha value is -3.79. The average molecular weight is 381 g/mol. The molecule has 0 saturated heterocycles. The lowest BCUT2D eigenvalue weighted by Crippen LogP contribution is -2.30. The molecule has 144 valence electrons. The van der Waals surface area contributed by atoms with Gasteiger partial charge in [0, 0.05) is 30.3 Å². The first-order valence-corrected chi connectivity index (χ1v) is 8.44. The zero-order chi connectivity index (χ0) is 19.9. The number of nitrogens with zero attached hydrogens (tertiary/aromatic N) is 3. The number of oxazole rings is 1. The van der Waals surface area contributed by atoms with Crippen LogP contribution in [0.15, 0.2) is 47.3 Å². The minimum atomic E-state index is -0.721. The van der Waals surface area contributed by atoms with Crippen LogP contribution in [0.2, 0.25) is 0 Å². The van der Waals surface area contributed by atoms with Crippen LogP contribution in [-0.2, 0) is 4.79 Å². The molecule has 2 aromatic heterocycles. The molecule has 28 heavy (non-hydrogen) atoms. The van der Waals surface area contributed by atoms with E-state index in [0.29, 0.717) is 17.4 Å². The van der Waals surface area contributed by atoms with Crippen LogP contribution in [-0.4, -0.2) is 39.7 Å². The molecule has 1 aromatic carbocycles. The first-order valence-electron chi connectivity index (χ1n) is 8.44. The van der Waals surface area contributed by atoms with Crippen LogP contribution in [0, 0.1) is 0 Å². The van der Waals surface area contributed by atoms with Gasteiger partial charge in [0.05, 0.1) is 12.4 Å². The topological polar surface area (TPSA) is 162 Å². The van der Waals surface area contributed by atoms with E-state index in [1.165, 1.54) is 12.5 Å². The van der Waals surface area contributed by atoms with Crippen LogP contribution in [0.3, 0.4) is 0 Å². The van der Waals surface area contributed by atoms with E-state index in [4.69, 9.17) is 15.9 Å². The molecule has 0 aliphatic rings. The number of nitrogens with two attached hydrogens (primary N) is 2. The van der Waals surface area contributed by atoms with E-state index in [1.54, 1.807) is 18.3 Å². The van der Waals surface area contributed by atoms with Crippen molar-refractivity contribution in [2.24, 2.45) is 11.5 Å². The molecule has 0 unspecified atom stereocenters. The zero-order valence-electron chi connectivity index (χ0n) is 14.8. The Morgan fingerprint density at radius 2 is 2.04 bits per heavy atom. The Bertz CT molecular complexity index is 942. The monoisotopic (exact) mass is 381 g/mol. The van der Waals surface area contributed by atoms with Crippen molar-refractivity contribution < 1.29 is 14.0 Å². The van der Waals surface area contributed by atoms with Gasteiger partial charge >= 0.3 is 0 Å². The summed E-state index contributed by atoms with van der Waals surface area (Å²) in [6, 6.07) is 6.88. The van der Waals surface area contributed by atoms with E-state index < -0.39 is 5.91 Å². The maximum atomic E-state index is 11.7. The molecule has 0 aliphatic heterocycles. The molecule has 3 aromatic rings. The standard InChI is InChI=1S/C18H19N7O3/c19-9-13(5-7-26)23-14-10-22-15(16(20)27)17(25-14)24-12-3-1-11(2-4-12)18-21-6-8-28-18/h1-4,6-8,10,13H,5,9,19H2,(H2,20,27)(H2,23,24,25)/t13-/m1/s1. The van der Waals surface area contributed by atoms with Gasteiger partial charge in [-0.2, -0.15) is 0 Å². The number of primary amides is 1. The summed E-state index contributed by atoms with van der Waals surface area (Å²) in [7, 11) is 0. The van der Waals surface area contributed by atoms with Crippen LogP contribution < -0.4 is 22.1 Å². The van der Waals surface area contributed by atoms with E-state index >= 15 is 0 Å². The van der Waals surface area contributed by atoms with Gasteiger partial charge in [-0.05, 0) is 24.3 Å². The summed E-state index contributed by atoms with van der Waals surface area (Å²) in [5.74, 6) is 0.323. The highest BCUT2D eigenvalue weighted by Gasteiger charge is 2.15. The maximum Gasteiger partial charge on any atom is 0.271 e. The normalized spacial score (nSPS) is 11.6. The molecule has 10 nitrogen and oxygen atoms in total. The lowest BCUT2D eigenvalue weighted by molar-refractivity contribution is -0.108. The van der Waals surface area contributed by atoms with Crippen LogP contribution in [0.1, 0.15) is 16.9 Å². The predicted molar refractivity (Wildman–Crippen MR) is 103 cm³/mol. The van der Waals surface area contributed by atoms with Gasteiger partial charge in [0.2, 0.25) is 5.89 Å². The number of aromatic nitrogens is 3. The van der Waals surface area contributed by atoms with Gasteiger partial charge < -0.3 is 31.3 Å². The van der Waals surface area contributed by atoms with Crippen molar-refractivity contribution in [1.29, 1.82) is 0 Å². The first-order chi connectivity index (χ1) is 13.6. The van der Waals surface area contributed by atoms with Crippen molar-refractivity contribution in [3.63, 3.8) is 0 Å². The minimum Gasteiger partial charge on any atom is -0.445 e. The summed E-state index contributed by atoms with van der Waals surface area (Å²) in [6.07, 6.45) is 5.41. The second-order valence-electron chi connectivity index (χ2n) is 5.84. The number of hydrogen-bond acceptors (Lipinski definition) is 9. The first kappa shape index (κ1) is 19.0. The summed E-state index contributed by atoms with van der Waals surface area (Å²) < 4.78 is 5.25. The summed E-state index contributed by atoms with van der Waals surface area (Å²) >= 11 is 0. The molecule has 6 N–H and O–H groups in total. The number of amides is 1. The molecule has 2 heterocycles. The average Bonchev–Trinajstić information content (AvgIpc) is 3.23. The highest BCUT2D eigenvalue weighted by Crippen LogP contribution is 2.23. The van der Waals surface area contributed by atoms with Gasteiger partial charge in [-0.15, -0.1) is 0 Å². The van der Waals surface area contributed by atoms with Gasteiger partial charge in [0.25, 0.3) is 5.91 Å². The number of anilines is 3. The molecule has 0 radical (unpaired) electrons. The Balaban J connectivity index is 1.83. The van der Waals surface area contributed by atoms with Gasteiger partial charge in [-0.1, -0.05) is 0 Å². The van der Waals surface area contributed by atoms with Gasteiger partial charge in [-0.25, -0.2) is 15.0 Å². The highest BCUT2D eigenvalue weighted by atomic mass is 16.3. The Morgan fingerprint density at radius 3 is 2.64 bits per heavy atom. The molecule has 1 atom stereocenters. The lowest BCUT2D eigenvalue weighted by Gasteiger charge is -2.16. The number of benzene rings is 1. The van der Waals surface area contributed by atoms with Crippen molar-refractivity contribution in [2.75, 3.05) is 17.2 Å². The molecular formula is C18H19N7O3. The minimum absolute atomic E-state index is 0.0120. The van der Waals surface area contributed by atoms with Crippen LogP contribution in [0.25, 0.3) is 11.5 Å². The molecule has 0 fully saturated rings. The van der Waals surface area contributed by atoms with Crippen LogP contribution >= 0.6 is 0 Å². The maximum absolute atomic E-state index is 11.7. The van der Waals surface area contributed by atoms with Gasteiger partial charge in [0.15, 0.2) is 11.5 Å². The number of nitrogens with one attached hydrogen (secondary N) is 2. The van der Waals surface area contributed by atoms with Crippen molar-refractivity contribution in [3.8, 4) is 11.5 Å². The quantitative estimate of drug-likeness (QED) is 0.400. The van der Waals surface area contributed by atoms with Gasteiger partial charge in [0.1, 0.15) is 18.4 Å². The Morgan fingerprint density at radius 1 is 1.25 bits per heavy atom. The number of hydrogen-bond donors (Lipinski definition) is 4. The van der Waals surface area contributed by atoms with Crippen LogP contribution in [0.5, 0.6) is 0 Å². The fourth-order valence-electron chi connectivity index (χ4n) is 2.46. The number of carbonyl (C=O) groups is 2. The largest absolute Gasteiger partial charge is 0.445 e. The lowest BCUT2D eigenvalue weighted by atomic mass is 10.2. The molecule has 0 aliphatic carbocycles. The third-order valence-corrected chi connectivity index (χ3v) is 3.85. The number of rotatable bonds is 9. The summed E-state index contributed by atoms with van der Waals surface area (Å²) in [6.45, 7) is 0.239. The molecule has 0 saturated carbocycles. The molecule has 0 spiro atoms. The number of aldehydes is 1. The van der Waals surface area contributed by atoms with Crippen LogP contribution in [0.4, 0.5) is 17.3 Å². The van der Waals surface area contributed by atoms with Crippen molar-refractivity contribution >= 4 is 29.5 Å². The fraction of sp³-hybridized carbons (Fsp3) is 0.167. The predicted octanol–water partition coefficient (Wildman–Crippen LogP) is 1.30. The van der Waals surface area contributed by atoms with E-state index in [-0.39, 0.29) is 30.5 Å². The highest BCUT2D eigenvalue weighted by molar-refractivity contribution is 5.96. The van der Waals surface area contributed by atoms with Gasteiger partial charge in [-0.3, -0.25) is 4.79 Å². The van der Waals surface area contributed by atoms with Crippen molar-refractivity contribution in [3.05, 3.63) is 48.6 Å². The van der Waals surface area contributed by atoms with E-state index in [0.717, 1.165) is 11.8 Å². The van der Waals surface area contributed by atoms with Crippen molar-refractivity contribution in [2.45, 2.75) is 12.5 Å². The third-order valence-electron chi connectivity index (χ3n) is 3.85. The molecule has 0 bridgehead atoms. The Labute approximate surface area is 160 Å². The summed E-state index contributed by atoms with van der Waals surface area (Å²) in [4.78, 5) is 34.9. The van der Waals surface area contributed by atoms with Crippen molar-refractivity contribution in [1.82, 2.24) is 15.0 Å². The molecule has 1 amide bonds. The molecular weight excluding hydrogens is 362 g/mol. The smallest absolute Gasteiger partial charge is 0.271 e.